The quantitative estimate of drug-likeness (QED) is 0.881. The summed E-state index contributed by atoms with van der Waals surface area (Å²) in [5.74, 6) is 0.579. The van der Waals surface area contributed by atoms with Gasteiger partial charge in [-0.05, 0) is 38.1 Å². The molecule has 2 unspecified atom stereocenters. The fourth-order valence-corrected chi connectivity index (χ4v) is 1.85. The molecule has 2 rings (SSSR count). The summed E-state index contributed by atoms with van der Waals surface area (Å²) in [6.07, 6.45) is -0.589. The molecule has 0 spiro atoms. The molecule has 1 aliphatic rings. The van der Waals surface area contributed by atoms with Gasteiger partial charge >= 0.3 is 0 Å². The molecule has 1 aromatic carbocycles. The molecule has 0 saturated heterocycles. The van der Waals surface area contributed by atoms with E-state index in [4.69, 9.17) is 21.6 Å². The summed E-state index contributed by atoms with van der Waals surface area (Å²) < 4.78 is 10.7. The zero-order chi connectivity index (χ0) is 13.3. The van der Waals surface area contributed by atoms with Gasteiger partial charge in [0, 0.05) is 10.6 Å². The maximum atomic E-state index is 11.4. The third-order valence-corrected chi connectivity index (χ3v) is 4.24. The van der Waals surface area contributed by atoms with E-state index in [1.54, 1.807) is 26.0 Å². The minimum atomic E-state index is -1.53. The third-order valence-electron chi connectivity index (χ3n) is 2.74. The monoisotopic (exact) mass is 287 g/mol. The van der Waals surface area contributed by atoms with Gasteiger partial charge in [0.15, 0.2) is 12.1 Å². The second-order valence-corrected chi connectivity index (χ2v) is 6.54. The summed E-state index contributed by atoms with van der Waals surface area (Å²) in [7, 11) is -1.53. The molecule has 1 aliphatic heterocycles. The molecule has 5 nitrogen and oxygen atoms in total. The molecule has 0 saturated carbocycles. The minimum Gasteiger partial charge on any atom is -0.251 e. The topological polar surface area (TPSA) is 76.7 Å². The number of halogens is 1. The lowest BCUT2D eigenvalue weighted by Gasteiger charge is -2.23. The Balaban J connectivity index is 2.23. The summed E-state index contributed by atoms with van der Waals surface area (Å²) in [5.41, 5.74) is 3.57. The van der Waals surface area contributed by atoms with Crippen molar-refractivity contribution in [2.24, 2.45) is 10.1 Å². The van der Waals surface area contributed by atoms with Gasteiger partial charge in [-0.15, -0.1) is 0 Å². The van der Waals surface area contributed by atoms with E-state index in [1.165, 1.54) is 0 Å². The summed E-state index contributed by atoms with van der Waals surface area (Å²) in [5, 5.41) is 6.08. The average molecular weight is 288 g/mol. The zero-order valence-electron chi connectivity index (χ0n) is 10.0. The van der Waals surface area contributed by atoms with Crippen molar-refractivity contribution in [1.82, 2.24) is 5.48 Å². The number of benzene rings is 1. The zero-order valence-corrected chi connectivity index (χ0v) is 11.6. The van der Waals surface area contributed by atoms with Crippen molar-refractivity contribution < 1.29 is 9.05 Å². The van der Waals surface area contributed by atoms with Crippen molar-refractivity contribution in [3.63, 3.8) is 0 Å². The fraction of sp³-hybridized carbons (Fsp3) is 0.364. The second kappa shape index (κ2) is 4.97. The number of nitrogens with zero attached hydrogens (tertiary/aromatic N) is 1. The van der Waals surface area contributed by atoms with Crippen LogP contribution in [0.4, 0.5) is 0 Å². The molecule has 0 radical (unpaired) electrons. The van der Waals surface area contributed by atoms with Crippen molar-refractivity contribution in [3.8, 4) is 0 Å². The Bertz CT molecular complexity index is 502. The molecular weight excluding hydrogens is 274 g/mol. The van der Waals surface area contributed by atoms with Crippen LogP contribution in [-0.4, -0.2) is 21.0 Å². The molecule has 1 heterocycles. The lowest BCUT2D eigenvalue weighted by Crippen LogP contribution is -2.43. The molecule has 98 valence electrons. The highest BCUT2D eigenvalue weighted by molar-refractivity contribution is 7.84. The summed E-state index contributed by atoms with van der Waals surface area (Å²) in [6, 6.07) is 7.18. The van der Waals surface area contributed by atoms with Gasteiger partial charge in [-0.25, -0.2) is 19.5 Å². The number of hydroxylamine groups is 1. The first-order valence-electron chi connectivity index (χ1n) is 5.33. The predicted octanol–water partition coefficient (Wildman–Crippen LogP) is 1.35. The first kappa shape index (κ1) is 13.5. The van der Waals surface area contributed by atoms with E-state index in [1.807, 2.05) is 12.1 Å². The van der Waals surface area contributed by atoms with E-state index in [0.29, 0.717) is 10.9 Å². The van der Waals surface area contributed by atoms with Crippen LogP contribution in [0.2, 0.25) is 5.02 Å². The molecule has 3 N–H and O–H groups in total. The molecule has 0 bridgehead atoms. The standard InChI is InChI=1S/C11H14ClN3O2S/c1-11(2,18(13)16)10-14-9(15-17-10)7-3-5-8(12)6-4-7/h3-6,10H,13H2,1-2H3,(H,14,15). The second-order valence-electron chi connectivity index (χ2n) is 4.46. The lowest BCUT2D eigenvalue weighted by molar-refractivity contribution is 0.0197. The SMILES string of the molecule is CC(C)(C1N=C(c2ccc(Cl)cc2)NO1)S(N)=O. The van der Waals surface area contributed by atoms with Gasteiger partial charge in [0.2, 0.25) is 0 Å². The Morgan fingerprint density at radius 3 is 2.61 bits per heavy atom. The average Bonchev–Trinajstić information content (AvgIpc) is 2.79. The van der Waals surface area contributed by atoms with Gasteiger partial charge in [-0.1, -0.05) is 11.6 Å². The van der Waals surface area contributed by atoms with Crippen molar-refractivity contribution in [1.29, 1.82) is 0 Å². The van der Waals surface area contributed by atoms with Crippen molar-refractivity contribution in [2.45, 2.75) is 24.8 Å². The van der Waals surface area contributed by atoms with E-state index in [2.05, 4.69) is 10.5 Å². The normalized spacial score (nSPS) is 21.3. The van der Waals surface area contributed by atoms with Crippen LogP contribution in [0.25, 0.3) is 0 Å². The third kappa shape index (κ3) is 2.56. The molecule has 0 aromatic heterocycles. The predicted molar refractivity (Wildman–Crippen MR) is 72.4 cm³/mol. The number of amidine groups is 1. The highest BCUT2D eigenvalue weighted by Gasteiger charge is 2.39. The van der Waals surface area contributed by atoms with Gasteiger partial charge < -0.3 is 0 Å². The summed E-state index contributed by atoms with van der Waals surface area (Å²) >= 11 is 5.81. The minimum absolute atomic E-state index is 0.579. The Morgan fingerprint density at radius 2 is 2.06 bits per heavy atom. The number of nitrogens with two attached hydrogens (primary N) is 1. The number of aliphatic imine (C=N–C) groups is 1. The van der Waals surface area contributed by atoms with E-state index in [9.17, 15) is 4.21 Å². The Kier molecular flexibility index (Phi) is 3.72. The van der Waals surface area contributed by atoms with Gasteiger partial charge in [-0.3, -0.25) is 5.14 Å². The van der Waals surface area contributed by atoms with Crippen LogP contribution in [0.5, 0.6) is 0 Å². The van der Waals surface area contributed by atoms with Crippen LogP contribution in [0.15, 0.2) is 29.3 Å². The largest absolute Gasteiger partial charge is 0.251 e. The number of rotatable bonds is 3. The van der Waals surface area contributed by atoms with E-state index >= 15 is 0 Å². The molecule has 18 heavy (non-hydrogen) atoms. The van der Waals surface area contributed by atoms with Crippen molar-refractivity contribution >= 4 is 28.4 Å². The van der Waals surface area contributed by atoms with Gasteiger partial charge in [0.25, 0.3) is 0 Å². The lowest BCUT2D eigenvalue weighted by atomic mass is 10.1. The molecule has 0 amide bonds. The van der Waals surface area contributed by atoms with Crippen molar-refractivity contribution in [3.05, 3.63) is 34.9 Å². The maximum Gasteiger partial charge on any atom is 0.195 e. The number of hydrogen-bond acceptors (Lipinski definition) is 4. The molecule has 2 atom stereocenters. The van der Waals surface area contributed by atoms with Gasteiger partial charge in [0.1, 0.15) is 4.75 Å². The Hall–Kier alpha value is -0.950. The molecule has 1 aromatic rings. The van der Waals surface area contributed by atoms with Crippen molar-refractivity contribution in [2.75, 3.05) is 0 Å². The fourth-order valence-electron chi connectivity index (χ4n) is 1.42. The van der Waals surface area contributed by atoms with E-state index in [-0.39, 0.29) is 0 Å². The van der Waals surface area contributed by atoms with Crippen LogP contribution < -0.4 is 10.6 Å². The van der Waals surface area contributed by atoms with Gasteiger partial charge in [-0.2, -0.15) is 0 Å². The molecule has 0 fully saturated rings. The Morgan fingerprint density at radius 1 is 1.44 bits per heavy atom. The molecular formula is C11H14ClN3O2S. The highest BCUT2D eigenvalue weighted by Crippen LogP contribution is 2.23. The van der Waals surface area contributed by atoms with E-state index in [0.717, 1.165) is 5.56 Å². The molecule has 7 heteroatoms. The summed E-state index contributed by atoms with van der Waals surface area (Å²) in [6.45, 7) is 3.48. The van der Waals surface area contributed by atoms with E-state index < -0.39 is 22.0 Å². The van der Waals surface area contributed by atoms with Gasteiger partial charge in [0.05, 0.1) is 11.0 Å². The van der Waals surface area contributed by atoms with Crippen LogP contribution >= 0.6 is 11.6 Å². The summed E-state index contributed by atoms with van der Waals surface area (Å²) in [4.78, 5) is 9.66. The number of nitrogens with one attached hydrogen (secondary N) is 1. The van der Waals surface area contributed by atoms with Crippen LogP contribution in [0.3, 0.4) is 0 Å². The smallest absolute Gasteiger partial charge is 0.195 e. The maximum absolute atomic E-state index is 11.4. The Labute approximate surface area is 113 Å². The van der Waals surface area contributed by atoms with Crippen LogP contribution in [0.1, 0.15) is 19.4 Å². The first-order chi connectivity index (χ1) is 8.41. The highest BCUT2D eigenvalue weighted by atomic mass is 35.5. The molecule has 0 aliphatic carbocycles. The first-order valence-corrected chi connectivity index (χ1v) is 6.92. The van der Waals surface area contributed by atoms with Crippen LogP contribution in [0, 0.1) is 0 Å². The number of hydrogen-bond donors (Lipinski definition) is 2. The van der Waals surface area contributed by atoms with Crippen LogP contribution in [-0.2, 0) is 15.8 Å².